The number of piperazine rings is 1. The molecule has 1 saturated heterocycles. The van der Waals surface area contributed by atoms with Crippen LogP contribution in [0.1, 0.15) is 0 Å². The fourth-order valence-corrected chi connectivity index (χ4v) is 1.74. The van der Waals surface area contributed by atoms with E-state index in [1.165, 1.54) is 0 Å². The quantitative estimate of drug-likeness (QED) is 0.637. The van der Waals surface area contributed by atoms with Gasteiger partial charge in [-0.2, -0.15) is 0 Å². The Morgan fingerprint density at radius 1 is 1.25 bits per heavy atom. The summed E-state index contributed by atoms with van der Waals surface area (Å²) in [6.45, 7) is 2.90. The molecule has 82 valence electrons. The fraction of sp³-hybridized carbons (Fsp3) is 0.500. The molecule has 1 amide bonds. The second-order valence-corrected chi connectivity index (χ2v) is 3.62. The summed E-state index contributed by atoms with van der Waals surface area (Å²) in [4.78, 5) is 23.6. The van der Waals surface area contributed by atoms with Crippen molar-refractivity contribution in [1.82, 2.24) is 14.9 Å². The van der Waals surface area contributed by atoms with Gasteiger partial charge in [0.05, 0.1) is 7.85 Å². The first-order valence-electron chi connectivity index (χ1n) is 5.31. The predicted molar refractivity (Wildman–Crippen MR) is 61.4 cm³/mol. The number of nitrogens with zero attached hydrogens (tertiary/aromatic N) is 4. The van der Waals surface area contributed by atoms with Gasteiger partial charge in [0.25, 0.3) is 0 Å². The highest BCUT2D eigenvalue weighted by Crippen LogP contribution is 2.09. The first kappa shape index (κ1) is 10.9. The first-order valence-corrected chi connectivity index (χ1v) is 5.31. The molecule has 0 saturated carbocycles. The summed E-state index contributed by atoms with van der Waals surface area (Å²) in [5, 5.41) is 0. The van der Waals surface area contributed by atoms with Gasteiger partial charge in [0, 0.05) is 38.6 Å². The van der Waals surface area contributed by atoms with Crippen molar-refractivity contribution in [1.29, 1.82) is 0 Å². The van der Waals surface area contributed by atoms with Crippen LogP contribution in [-0.2, 0) is 4.79 Å². The number of amides is 1. The number of carbonyl (C=O) groups excluding carboxylic acids is 1. The largest absolute Gasteiger partial charge is 0.340 e. The molecule has 0 atom stereocenters. The summed E-state index contributed by atoms with van der Waals surface area (Å²) in [7, 11) is 5.32. The van der Waals surface area contributed by atoms with E-state index in [-0.39, 0.29) is 12.2 Å². The highest BCUT2D eigenvalue weighted by Gasteiger charge is 2.20. The minimum absolute atomic E-state index is 0.00799. The van der Waals surface area contributed by atoms with Crippen molar-refractivity contribution >= 4 is 19.7 Å². The molecule has 0 aromatic carbocycles. The zero-order valence-electron chi connectivity index (χ0n) is 9.04. The van der Waals surface area contributed by atoms with Gasteiger partial charge in [-0.15, -0.1) is 0 Å². The van der Waals surface area contributed by atoms with Gasteiger partial charge in [0.2, 0.25) is 11.9 Å². The summed E-state index contributed by atoms with van der Waals surface area (Å²) in [5.41, 5.74) is 0. The Hall–Kier alpha value is -1.59. The molecule has 0 spiro atoms. The zero-order valence-corrected chi connectivity index (χ0v) is 9.04. The van der Waals surface area contributed by atoms with Gasteiger partial charge in [0.1, 0.15) is 0 Å². The van der Waals surface area contributed by atoms with Gasteiger partial charge in [-0.1, -0.05) is 0 Å². The molecule has 1 aliphatic heterocycles. The van der Waals surface area contributed by atoms with Crippen molar-refractivity contribution in [2.45, 2.75) is 6.32 Å². The maximum atomic E-state index is 11.4. The summed E-state index contributed by atoms with van der Waals surface area (Å²) < 4.78 is 0. The Morgan fingerprint density at radius 2 is 1.88 bits per heavy atom. The minimum atomic E-state index is 0.00799. The molecule has 0 aliphatic carbocycles. The summed E-state index contributed by atoms with van der Waals surface area (Å²) >= 11 is 0. The van der Waals surface area contributed by atoms with Crippen molar-refractivity contribution in [3.05, 3.63) is 18.5 Å². The van der Waals surface area contributed by atoms with E-state index >= 15 is 0 Å². The molecule has 6 heteroatoms. The second kappa shape index (κ2) is 4.96. The smallest absolute Gasteiger partial charge is 0.225 e. The van der Waals surface area contributed by atoms with Crippen molar-refractivity contribution in [2.24, 2.45) is 0 Å². The molecule has 2 radical (unpaired) electrons. The number of rotatable bonds is 2. The molecule has 16 heavy (non-hydrogen) atoms. The maximum Gasteiger partial charge on any atom is 0.225 e. The predicted octanol–water partition coefficient (Wildman–Crippen LogP) is -0.288. The minimum Gasteiger partial charge on any atom is -0.340 e. The Morgan fingerprint density at radius 3 is 2.44 bits per heavy atom. The molecule has 2 rings (SSSR count). The maximum absolute atomic E-state index is 11.4. The molecular formula is C10H13BN4O. The lowest BCUT2D eigenvalue weighted by Gasteiger charge is -2.34. The molecule has 2 heterocycles. The molecule has 1 aromatic heterocycles. The molecule has 0 bridgehead atoms. The van der Waals surface area contributed by atoms with Gasteiger partial charge in [0.15, 0.2) is 0 Å². The average molecular weight is 216 g/mol. The lowest BCUT2D eigenvalue weighted by molar-refractivity contribution is -0.129. The number of anilines is 1. The van der Waals surface area contributed by atoms with Gasteiger partial charge < -0.3 is 9.80 Å². The highest BCUT2D eigenvalue weighted by molar-refractivity contribution is 6.19. The Labute approximate surface area is 95.9 Å². The van der Waals surface area contributed by atoms with Crippen molar-refractivity contribution < 1.29 is 4.79 Å². The number of hydrogen-bond acceptors (Lipinski definition) is 4. The van der Waals surface area contributed by atoms with Crippen LogP contribution in [0.25, 0.3) is 0 Å². The van der Waals surface area contributed by atoms with Crippen LogP contribution < -0.4 is 4.90 Å². The highest BCUT2D eigenvalue weighted by atomic mass is 16.2. The molecule has 1 aromatic rings. The van der Waals surface area contributed by atoms with E-state index in [9.17, 15) is 4.79 Å². The van der Waals surface area contributed by atoms with Crippen LogP contribution in [0.3, 0.4) is 0 Å². The molecule has 1 aliphatic rings. The van der Waals surface area contributed by atoms with Crippen molar-refractivity contribution in [3.8, 4) is 0 Å². The van der Waals surface area contributed by atoms with Crippen molar-refractivity contribution in [2.75, 3.05) is 31.1 Å². The average Bonchev–Trinajstić information content (AvgIpc) is 2.39. The van der Waals surface area contributed by atoms with E-state index in [1.54, 1.807) is 23.4 Å². The van der Waals surface area contributed by atoms with Gasteiger partial charge in [-0.3, -0.25) is 4.79 Å². The Kier molecular flexibility index (Phi) is 3.39. The number of carbonyl (C=O) groups is 1. The van der Waals surface area contributed by atoms with Crippen LogP contribution in [0.4, 0.5) is 5.95 Å². The van der Waals surface area contributed by atoms with E-state index in [1.807, 2.05) is 0 Å². The van der Waals surface area contributed by atoms with Crippen LogP contribution in [0.2, 0.25) is 6.32 Å². The SMILES string of the molecule is [B]CC(=O)N1CCN(c2ncccn2)CC1. The van der Waals surface area contributed by atoms with Crippen LogP contribution in [-0.4, -0.2) is 54.8 Å². The standard InChI is InChI=1S/C10H13BN4O/c11-8-9(16)14-4-6-15(7-5-14)10-12-2-1-3-13-10/h1-3H,4-8H2. The van der Waals surface area contributed by atoms with E-state index in [0.29, 0.717) is 13.1 Å². The fourth-order valence-electron chi connectivity index (χ4n) is 1.74. The molecule has 5 nitrogen and oxygen atoms in total. The van der Waals surface area contributed by atoms with Gasteiger partial charge >= 0.3 is 0 Å². The third-order valence-corrected chi connectivity index (χ3v) is 2.64. The van der Waals surface area contributed by atoms with E-state index in [0.717, 1.165) is 19.0 Å². The van der Waals surface area contributed by atoms with E-state index in [2.05, 4.69) is 14.9 Å². The van der Waals surface area contributed by atoms with Crippen LogP contribution >= 0.6 is 0 Å². The third-order valence-electron chi connectivity index (χ3n) is 2.64. The topological polar surface area (TPSA) is 49.3 Å². The number of aromatic nitrogens is 2. The Bertz CT molecular complexity index is 351. The summed E-state index contributed by atoms with van der Waals surface area (Å²) in [5.74, 6) is 0.732. The monoisotopic (exact) mass is 216 g/mol. The summed E-state index contributed by atoms with van der Waals surface area (Å²) in [6.07, 6.45) is 3.53. The van der Waals surface area contributed by atoms with Gasteiger partial charge in [-0.05, 0) is 12.4 Å². The molecular weight excluding hydrogens is 203 g/mol. The van der Waals surface area contributed by atoms with Crippen LogP contribution in [0.15, 0.2) is 18.5 Å². The van der Waals surface area contributed by atoms with Crippen molar-refractivity contribution in [3.63, 3.8) is 0 Å². The first-order chi connectivity index (χ1) is 7.81. The normalized spacial score (nSPS) is 16.2. The summed E-state index contributed by atoms with van der Waals surface area (Å²) in [6, 6.07) is 1.79. The molecule has 0 unspecified atom stereocenters. The lowest BCUT2D eigenvalue weighted by atomic mass is 10.0. The van der Waals surface area contributed by atoms with Crippen LogP contribution in [0, 0.1) is 0 Å². The molecule has 1 fully saturated rings. The van der Waals surface area contributed by atoms with Crippen LogP contribution in [0.5, 0.6) is 0 Å². The molecule has 0 N–H and O–H groups in total. The second-order valence-electron chi connectivity index (χ2n) is 3.62. The number of hydrogen-bond donors (Lipinski definition) is 0. The zero-order chi connectivity index (χ0) is 11.4. The van der Waals surface area contributed by atoms with Gasteiger partial charge in [-0.25, -0.2) is 9.97 Å². The third kappa shape index (κ3) is 2.32. The van der Waals surface area contributed by atoms with E-state index < -0.39 is 0 Å². The lowest BCUT2D eigenvalue weighted by Crippen LogP contribution is -2.49. The van der Waals surface area contributed by atoms with E-state index in [4.69, 9.17) is 7.85 Å². The Balaban J connectivity index is 1.93.